The lowest BCUT2D eigenvalue weighted by Crippen LogP contribution is -2.57. The molecule has 0 bridgehead atoms. The molecule has 3 rings (SSSR count). The normalized spacial score (nSPS) is 23.3. The van der Waals surface area contributed by atoms with E-state index in [1.165, 1.54) is 5.56 Å². The number of hydrogen-bond acceptors (Lipinski definition) is 4. The van der Waals surface area contributed by atoms with Crippen LogP contribution >= 0.6 is 0 Å². The summed E-state index contributed by atoms with van der Waals surface area (Å²) in [5.74, 6) is 0.00316. The van der Waals surface area contributed by atoms with Gasteiger partial charge < -0.3 is 10.1 Å². The Balaban J connectivity index is 1.53. The Hall–Kier alpha value is -1.46. The van der Waals surface area contributed by atoms with Crippen molar-refractivity contribution >= 4 is 5.91 Å². The fraction of sp³-hybridized carbons (Fsp3) is 0.571. The number of rotatable bonds is 2. The van der Waals surface area contributed by atoms with E-state index in [0.29, 0.717) is 6.54 Å². The van der Waals surface area contributed by atoms with Gasteiger partial charge in [-0.3, -0.25) is 14.7 Å². The van der Waals surface area contributed by atoms with Crippen molar-refractivity contribution in [2.45, 2.75) is 25.0 Å². The van der Waals surface area contributed by atoms with Crippen molar-refractivity contribution < 1.29 is 9.53 Å². The van der Waals surface area contributed by atoms with Gasteiger partial charge in [-0.2, -0.15) is 0 Å². The Morgan fingerprint density at radius 2 is 2.26 bits per heavy atom. The predicted octanol–water partition coefficient (Wildman–Crippen LogP) is 0.563. The summed E-state index contributed by atoms with van der Waals surface area (Å²) < 4.78 is 5.77. The maximum atomic E-state index is 11.1. The second-order valence-electron chi connectivity index (χ2n) is 5.39. The van der Waals surface area contributed by atoms with Gasteiger partial charge in [0.15, 0.2) is 0 Å². The molecule has 1 spiro atoms. The molecule has 5 nitrogen and oxygen atoms in total. The Bertz CT molecular complexity index is 429. The van der Waals surface area contributed by atoms with Crippen LogP contribution in [-0.2, 0) is 16.1 Å². The minimum absolute atomic E-state index is 0.00316. The van der Waals surface area contributed by atoms with Crippen LogP contribution in [-0.4, -0.2) is 47.6 Å². The monoisotopic (exact) mass is 261 g/mol. The van der Waals surface area contributed by atoms with E-state index in [-0.39, 0.29) is 18.1 Å². The summed E-state index contributed by atoms with van der Waals surface area (Å²) in [6, 6.07) is 4.08. The van der Waals surface area contributed by atoms with Crippen LogP contribution in [0.1, 0.15) is 18.4 Å². The molecule has 0 saturated carbocycles. The topological polar surface area (TPSA) is 54.5 Å². The minimum Gasteiger partial charge on any atom is -0.363 e. The van der Waals surface area contributed by atoms with Crippen molar-refractivity contribution in [3.05, 3.63) is 30.1 Å². The molecule has 2 aliphatic rings. The first-order chi connectivity index (χ1) is 9.26. The molecule has 2 fully saturated rings. The van der Waals surface area contributed by atoms with Crippen molar-refractivity contribution in [2.75, 3.05) is 26.2 Å². The van der Waals surface area contributed by atoms with Gasteiger partial charge in [0.1, 0.15) is 6.61 Å². The first-order valence-corrected chi connectivity index (χ1v) is 6.78. The maximum Gasteiger partial charge on any atom is 0.246 e. The molecule has 0 aromatic carbocycles. The van der Waals surface area contributed by atoms with Crippen LogP contribution in [0.5, 0.6) is 0 Å². The molecule has 19 heavy (non-hydrogen) atoms. The summed E-state index contributed by atoms with van der Waals surface area (Å²) in [6.07, 6.45) is 5.68. The zero-order chi connectivity index (χ0) is 13.1. The molecule has 102 valence electrons. The molecule has 1 aromatic rings. The van der Waals surface area contributed by atoms with E-state index in [4.69, 9.17) is 4.74 Å². The van der Waals surface area contributed by atoms with E-state index in [9.17, 15) is 4.79 Å². The zero-order valence-electron chi connectivity index (χ0n) is 11.0. The molecular formula is C14H19N3O2. The van der Waals surface area contributed by atoms with Gasteiger partial charge >= 0.3 is 0 Å². The van der Waals surface area contributed by atoms with Gasteiger partial charge in [-0.15, -0.1) is 0 Å². The maximum absolute atomic E-state index is 11.1. The molecule has 2 saturated heterocycles. The Morgan fingerprint density at radius 3 is 2.89 bits per heavy atom. The summed E-state index contributed by atoms with van der Waals surface area (Å²) in [5, 5.41) is 2.91. The molecule has 1 N–H and O–H groups in total. The molecule has 0 unspecified atom stereocenters. The molecular weight excluding hydrogens is 242 g/mol. The number of pyridine rings is 1. The van der Waals surface area contributed by atoms with Gasteiger partial charge in [0, 0.05) is 38.6 Å². The Labute approximate surface area is 113 Å². The summed E-state index contributed by atoms with van der Waals surface area (Å²) in [7, 11) is 0. The van der Waals surface area contributed by atoms with Gasteiger partial charge in [0.2, 0.25) is 5.91 Å². The SMILES string of the molecule is O=C1COC2(CCN(Cc3cccnc3)CC2)CN1. The summed E-state index contributed by atoms with van der Waals surface area (Å²) >= 11 is 0. The van der Waals surface area contributed by atoms with E-state index in [1.807, 2.05) is 12.3 Å². The van der Waals surface area contributed by atoms with Crippen molar-refractivity contribution in [3.63, 3.8) is 0 Å². The highest BCUT2D eigenvalue weighted by Gasteiger charge is 2.38. The molecule has 1 aromatic heterocycles. The minimum atomic E-state index is -0.126. The number of likely N-dealkylation sites (tertiary alicyclic amines) is 1. The second kappa shape index (κ2) is 5.27. The molecule has 5 heteroatoms. The van der Waals surface area contributed by atoms with Crippen molar-refractivity contribution in [2.24, 2.45) is 0 Å². The van der Waals surface area contributed by atoms with Crippen LogP contribution in [0.4, 0.5) is 0 Å². The molecule has 0 atom stereocenters. The smallest absolute Gasteiger partial charge is 0.246 e. The summed E-state index contributed by atoms with van der Waals surface area (Å²) in [6.45, 7) is 3.82. The van der Waals surface area contributed by atoms with Gasteiger partial charge in [-0.1, -0.05) is 6.07 Å². The highest BCUT2D eigenvalue weighted by atomic mass is 16.5. The largest absolute Gasteiger partial charge is 0.363 e. The highest BCUT2D eigenvalue weighted by Crippen LogP contribution is 2.28. The van der Waals surface area contributed by atoms with Crippen LogP contribution in [0.2, 0.25) is 0 Å². The first-order valence-electron chi connectivity index (χ1n) is 6.78. The van der Waals surface area contributed by atoms with Gasteiger partial charge in [0.05, 0.1) is 5.60 Å². The van der Waals surface area contributed by atoms with E-state index in [0.717, 1.165) is 32.5 Å². The average molecular weight is 261 g/mol. The molecule has 3 heterocycles. The number of ether oxygens (including phenoxy) is 1. The van der Waals surface area contributed by atoms with Crippen LogP contribution in [0.25, 0.3) is 0 Å². The number of morpholine rings is 1. The van der Waals surface area contributed by atoms with E-state index < -0.39 is 0 Å². The second-order valence-corrected chi connectivity index (χ2v) is 5.39. The number of carbonyl (C=O) groups is 1. The lowest BCUT2D eigenvalue weighted by molar-refractivity contribution is -0.150. The number of carbonyl (C=O) groups excluding carboxylic acids is 1. The Kier molecular flexibility index (Phi) is 3.48. The number of amides is 1. The number of nitrogens with zero attached hydrogens (tertiary/aromatic N) is 2. The summed E-state index contributed by atoms with van der Waals surface area (Å²) in [4.78, 5) is 17.7. The Morgan fingerprint density at radius 1 is 1.42 bits per heavy atom. The van der Waals surface area contributed by atoms with Crippen LogP contribution in [0.3, 0.4) is 0 Å². The van der Waals surface area contributed by atoms with Crippen LogP contribution < -0.4 is 5.32 Å². The summed E-state index contributed by atoms with van der Waals surface area (Å²) in [5.41, 5.74) is 1.12. The van der Waals surface area contributed by atoms with Crippen molar-refractivity contribution in [1.82, 2.24) is 15.2 Å². The fourth-order valence-corrected chi connectivity index (χ4v) is 2.77. The van der Waals surface area contributed by atoms with E-state index >= 15 is 0 Å². The third kappa shape index (κ3) is 2.93. The third-order valence-corrected chi connectivity index (χ3v) is 4.01. The highest BCUT2D eigenvalue weighted by molar-refractivity contribution is 5.78. The zero-order valence-corrected chi connectivity index (χ0v) is 11.0. The lowest BCUT2D eigenvalue weighted by Gasteiger charge is -2.43. The lowest BCUT2D eigenvalue weighted by atomic mass is 9.90. The molecule has 0 radical (unpaired) electrons. The van der Waals surface area contributed by atoms with E-state index in [2.05, 4.69) is 21.3 Å². The number of hydrogen-bond donors (Lipinski definition) is 1. The van der Waals surface area contributed by atoms with Crippen LogP contribution in [0, 0.1) is 0 Å². The molecule has 2 aliphatic heterocycles. The molecule has 1 amide bonds. The average Bonchev–Trinajstić information content (AvgIpc) is 2.46. The van der Waals surface area contributed by atoms with E-state index in [1.54, 1.807) is 6.20 Å². The van der Waals surface area contributed by atoms with Crippen molar-refractivity contribution in [3.8, 4) is 0 Å². The third-order valence-electron chi connectivity index (χ3n) is 4.01. The standard InChI is InChI=1S/C14H19N3O2/c18-13-10-19-14(11-16-13)3-6-17(7-4-14)9-12-2-1-5-15-8-12/h1-2,5,8H,3-4,6-7,9-11H2,(H,16,18). The van der Waals surface area contributed by atoms with Crippen molar-refractivity contribution in [1.29, 1.82) is 0 Å². The predicted molar refractivity (Wildman–Crippen MR) is 70.4 cm³/mol. The molecule has 0 aliphatic carbocycles. The number of aromatic nitrogens is 1. The van der Waals surface area contributed by atoms with Gasteiger partial charge in [0.25, 0.3) is 0 Å². The number of nitrogens with one attached hydrogen (secondary N) is 1. The first kappa shape index (κ1) is 12.6. The quantitative estimate of drug-likeness (QED) is 0.845. The van der Waals surface area contributed by atoms with Crippen LogP contribution in [0.15, 0.2) is 24.5 Å². The van der Waals surface area contributed by atoms with Gasteiger partial charge in [-0.25, -0.2) is 0 Å². The fourth-order valence-electron chi connectivity index (χ4n) is 2.77. The number of piperidine rings is 1. The van der Waals surface area contributed by atoms with Gasteiger partial charge in [-0.05, 0) is 24.5 Å².